The Balaban J connectivity index is 1.35. The Morgan fingerprint density at radius 2 is 1.89 bits per heavy atom. The van der Waals surface area contributed by atoms with Crippen LogP contribution in [0.3, 0.4) is 0 Å². The molecule has 0 amide bonds. The molecule has 1 aliphatic carbocycles. The molecule has 0 spiro atoms. The van der Waals surface area contributed by atoms with Gasteiger partial charge in [-0.2, -0.15) is 5.26 Å². The summed E-state index contributed by atoms with van der Waals surface area (Å²) in [4.78, 5) is 15.6. The molecule has 1 saturated carbocycles. The number of benzene rings is 2. The van der Waals surface area contributed by atoms with Gasteiger partial charge in [-0.1, -0.05) is 31.4 Å². The lowest BCUT2D eigenvalue weighted by atomic mass is 9.84. The van der Waals surface area contributed by atoms with Crippen LogP contribution in [0.15, 0.2) is 48.7 Å². The van der Waals surface area contributed by atoms with Gasteiger partial charge in [0.15, 0.2) is 5.78 Å². The second-order valence-electron chi connectivity index (χ2n) is 7.71. The van der Waals surface area contributed by atoms with E-state index in [0.29, 0.717) is 24.4 Å². The highest BCUT2D eigenvalue weighted by Gasteiger charge is 2.15. The monoisotopic (exact) mass is 371 g/mol. The lowest BCUT2D eigenvalue weighted by molar-refractivity contribution is -0.116. The Kier molecular flexibility index (Phi) is 5.43. The van der Waals surface area contributed by atoms with Gasteiger partial charge in [-0.15, -0.1) is 0 Å². The van der Waals surface area contributed by atoms with Crippen LogP contribution >= 0.6 is 0 Å². The van der Waals surface area contributed by atoms with E-state index in [-0.39, 0.29) is 5.78 Å². The smallest absolute Gasteiger partial charge is 0.156 e. The number of rotatable bonds is 6. The number of ketones is 1. The topological polar surface area (TPSA) is 68.7 Å². The zero-order valence-electron chi connectivity index (χ0n) is 16.0. The fraction of sp³-hybridized carbons (Fsp3) is 0.333. The van der Waals surface area contributed by atoms with Gasteiger partial charge < -0.3 is 10.3 Å². The first-order valence-electron chi connectivity index (χ1n) is 10.1. The third-order valence-corrected chi connectivity index (χ3v) is 5.76. The minimum Gasteiger partial charge on any atom is -0.378 e. The van der Waals surface area contributed by atoms with Crippen LogP contribution in [0.25, 0.3) is 10.9 Å². The number of carbonyl (C=O) groups is 1. The first-order valence-corrected chi connectivity index (χ1v) is 10.1. The number of aromatic amines is 1. The molecule has 0 bridgehead atoms. The van der Waals surface area contributed by atoms with E-state index < -0.39 is 0 Å². The average molecular weight is 371 g/mol. The third-order valence-electron chi connectivity index (χ3n) is 5.76. The quantitative estimate of drug-likeness (QED) is 0.617. The fourth-order valence-corrected chi connectivity index (χ4v) is 4.18. The van der Waals surface area contributed by atoms with Crippen LogP contribution in [0.5, 0.6) is 0 Å². The van der Waals surface area contributed by atoms with E-state index in [1.54, 1.807) is 6.07 Å². The summed E-state index contributed by atoms with van der Waals surface area (Å²) >= 11 is 0. The predicted molar refractivity (Wildman–Crippen MR) is 112 cm³/mol. The molecule has 2 N–H and O–H groups in total. The largest absolute Gasteiger partial charge is 0.378 e. The number of hydrogen-bond acceptors (Lipinski definition) is 3. The van der Waals surface area contributed by atoms with Crippen molar-refractivity contribution in [2.45, 2.75) is 44.4 Å². The van der Waals surface area contributed by atoms with E-state index in [1.165, 1.54) is 37.7 Å². The molecule has 0 unspecified atom stereocenters. The van der Waals surface area contributed by atoms with Gasteiger partial charge in [0, 0.05) is 29.2 Å². The molecule has 4 nitrogen and oxygen atoms in total. The SMILES string of the molecule is N#Cc1ccc2[nH]cc(CC(=O)CNc3ccc(C4CCCCC4)cc3)c2c1. The van der Waals surface area contributed by atoms with Crippen molar-refractivity contribution >= 4 is 22.4 Å². The molecule has 1 aromatic heterocycles. The third kappa shape index (κ3) is 4.09. The van der Waals surface area contributed by atoms with Crippen LogP contribution in [0.2, 0.25) is 0 Å². The second-order valence-corrected chi connectivity index (χ2v) is 7.71. The highest BCUT2D eigenvalue weighted by molar-refractivity contribution is 5.92. The van der Waals surface area contributed by atoms with E-state index in [0.717, 1.165) is 22.2 Å². The molecule has 1 aliphatic rings. The summed E-state index contributed by atoms with van der Waals surface area (Å²) in [5.41, 5.74) is 4.90. The Hall–Kier alpha value is -3.06. The lowest BCUT2D eigenvalue weighted by Gasteiger charge is -2.22. The number of nitriles is 1. The fourth-order valence-electron chi connectivity index (χ4n) is 4.18. The molecule has 0 saturated heterocycles. The van der Waals surface area contributed by atoms with Crippen molar-refractivity contribution in [1.29, 1.82) is 5.26 Å². The molecule has 142 valence electrons. The molecule has 3 aromatic rings. The zero-order chi connectivity index (χ0) is 19.3. The zero-order valence-corrected chi connectivity index (χ0v) is 16.0. The summed E-state index contributed by atoms with van der Waals surface area (Å²) in [6.45, 7) is 0.299. The van der Waals surface area contributed by atoms with Crippen molar-refractivity contribution in [2.75, 3.05) is 11.9 Å². The minimum absolute atomic E-state index is 0.125. The average Bonchev–Trinajstić information content (AvgIpc) is 3.15. The van der Waals surface area contributed by atoms with Gasteiger partial charge >= 0.3 is 0 Å². The molecule has 0 atom stereocenters. The molecule has 0 radical (unpaired) electrons. The van der Waals surface area contributed by atoms with Gasteiger partial charge in [0.2, 0.25) is 0 Å². The van der Waals surface area contributed by atoms with E-state index in [9.17, 15) is 4.79 Å². The predicted octanol–water partition coefficient (Wildman–Crippen LogP) is 5.31. The molecular formula is C24H25N3O. The van der Waals surface area contributed by atoms with Crippen molar-refractivity contribution < 1.29 is 4.79 Å². The van der Waals surface area contributed by atoms with Gasteiger partial charge in [0.05, 0.1) is 18.2 Å². The van der Waals surface area contributed by atoms with Gasteiger partial charge in [0.1, 0.15) is 0 Å². The van der Waals surface area contributed by atoms with Crippen molar-refractivity contribution in [3.63, 3.8) is 0 Å². The van der Waals surface area contributed by atoms with Crippen LogP contribution in [-0.4, -0.2) is 17.3 Å². The number of anilines is 1. The van der Waals surface area contributed by atoms with Crippen molar-refractivity contribution in [1.82, 2.24) is 4.98 Å². The molecule has 1 fully saturated rings. The first-order chi connectivity index (χ1) is 13.7. The van der Waals surface area contributed by atoms with E-state index >= 15 is 0 Å². The van der Waals surface area contributed by atoms with Gasteiger partial charge in [-0.3, -0.25) is 4.79 Å². The van der Waals surface area contributed by atoms with Crippen LogP contribution in [0.1, 0.15) is 54.7 Å². The number of aromatic nitrogens is 1. The number of carbonyl (C=O) groups excluding carboxylic acids is 1. The molecule has 4 heteroatoms. The number of fused-ring (bicyclic) bond motifs is 1. The van der Waals surface area contributed by atoms with Crippen LogP contribution < -0.4 is 5.32 Å². The van der Waals surface area contributed by atoms with Crippen molar-refractivity contribution in [3.8, 4) is 6.07 Å². The van der Waals surface area contributed by atoms with Gasteiger partial charge in [-0.25, -0.2) is 0 Å². The molecular weight excluding hydrogens is 346 g/mol. The van der Waals surface area contributed by atoms with Crippen molar-refractivity contribution in [3.05, 3.63) is 65.4 Å². The highest BCUT2D eigenvalue weighted by Crippen LogP contribution is 2.33. The molecule has 4 rings (SSSR count). The minimum atomic E-state index is 0.125. The van der Waals surface area contributed by atoms with Crippen LogP contribution in [-0.2, 0) is 11.2 Å². The van der Waals surface area contributed by atoms with E-state index in [4.69, 9.17) is 5.26 Å². The molecule has 0 aliphatic heterocycles. The van der Waals surface area contributed by atoms with Crippen LogP contribution in [0, 0.1) is 11.3 Å². The summed E-state index contributed by atoms with van der Waals surface area (Å²) in [6, 6.07) is 16.2. The summed E-state index contributed by atoms with van der Waals surface area (Å²) in [7, 11) is 0. The Morgan fingerprint density at radius 1 is 1.11 bits per heavy atom. The highest BCUT2D eigenvalue weighted by atomic mass is 16.1. The standard InChI is InChI=1S/C24H25N3O/c25-14-17-6-11-24-23(12-17)20(15-27-24)13-22(28)16-26-21-9-7-19(8-10-21)18-4-2-1-3-5-18/h6-12,15,18,26-27H,1-5,13,16H2. The lowest BCUT2D eigenvalue weighted by Crippen LogP contribution is -2.16. The summed E-state index contributed by atoms with van der Waals surface area (Å²) < 4.78 is 0. The number of hydrogen-bond donors (Lipinski definition) is 2. The summed E-state index contributed by atoms with van der Waals surface area (Å²) in [5, 5.41) is 13.3. The first kappa shape index (κ1) is 18.3. The van der Waals surface area contributed by atoms with Gasteiger partial charge in [-0.05, 0) is 60.2 Å². The van der Waals surface area contributed by atoms with Crippen molar-refractivity contribution in [2.24, 2.45) is 0 Å². The maximum atomic E-state index is 12.5. The summed E-state index contributed by atoms with van der Waals surface area (Å²) in [6.07, 6.45) is 8.84. The number of nitrogens with one attached hydrogen (secondary N) is 2. The maximum Gasteiger partial charge on any atom is 0.156 e. The number of H-pyrrole nitrogens is 1. The molecule has 2 aromatic carbocycles. The number of Topliss-reactive ketones (excluding diaryl/α,β-unsaturated/α-hetero) is 1. The maximum absolute atomic E-state index is 12.5. The number of nitrogens with zero attached hydrogens (tertiary/aromatic N) is 1. The normalized spacial score (nSPS) is 14.7. The Bertz CT molecular complexity index is 1000. The van der Waals surface area contributed by atoms with E-state index in [2.05, 4.69) is 40.6 Å². The van der Waals surface area contributed by atoms with Gasteiger partial charge in [0.25, 0.3) is 0 Å². The van der Waals surface area contributed by atoms with Crippen LogP contribution in [0.4, 0.5) is 5.69 Å². The summed E-state index contributed by atoms with van der Waals surface area (Å²) in [5.74, 6) is 0.823. The van der Waals surface area contributed by atoms with E-state index in [1.807, 2.05) is 18.3 Å². The molecule has 1 heterocycles. The second kappa shape index (κ2) is 8.31. The Morgan fingerprint density at radius 3 is 2.64 bits per heavy atom. The Labute approximate surface area is 165 Å². The molecule has 28 heavy (non-hydrogen) atoms.